The molecule has 10 nitrogen and oxygen atoms in total. The van der Waals surface area contributed by atoms with Gasteiger partial charge in [-0.25, -0.2) is 0 Å². The largest absolute Gasteiger partial charge is 0.508 e. The number of ether oxygens (including phenoxy) is 4. The molecule has 3 heterocycles. The van der Waals surface area contributed by atoms with Gasteiger partial charge in [0, 0.05) is 46.9 Å². The van der Waals surface area contributed by atoms with Crippen LogP contribution < -0.4 is 18.9 Å². The van der Waals surface area contributed by atoms with Crippen LogP contribution in [0.5, 0.6) is 46.0 Å². The highest BCUT2D eigenvalue weighted by Gasteiger charge is 2.60. The van der Waals surface area contributed by atoms with Crippen molar-refractivity contribution in [2.75, 3.05) is 7.11 Å². The molecule has 0 aromatic heterocycles. The van der Waals surface area contributed by atoms with E-state index in [-0.39, 0.29) is 52.2 Å². The zero-order chi connectivity index (χ0) is 28.6. The lowest BCUT2D eigenvalue weighted by Crippen LogP contribution is -2.57. The molecule has 3 aliphatic heterocycles. The first-order valence-corrected chi connectivity index (χ1v) is 13.0. The number of aliphatic hydroxyl groups is 2. The lowest BCUT2D eigenvalue weighted by atomic mass is 9.74. The Morgan fingerprint density at radius 3 is 2.07 bits per heavy atom. The number of hydrogen-bond acceptors (Lipinski definition) is 10. The maximum absolute atomic E-state index is 12.0. The van der Waals surface area contributed by atoms with E-state index in [9.17, 15) is 30.6 Å². The van der Waals surface area contributed by atoms with Crippen molar-refractivity contribution in [3.8, 4) is 46.0 Å². The summed E-state index contributed by atoms with van der Waals surface area (Å²) in [5, 5.41) is 64.9. The summed E-state index contributed by atoms with van der Waals surface area (Å²) in [6, 6.07) is 16.6. The van der Waals surface area contributed by atoms with E-state index in [0.29, 0.717) is 28.0 Å². The fraction of sp³-hybridized carbons (Fsp3) is 0.226. The Morgan fingerprint density at radius 2 is 1.41 bits per heavy atom. The third-order valence-electron chi connectivity index (χ3n) is 8.04. The molecule has 4 aromatic carbocycles. The van der Waals surface area contributed by atoms with Gasteiger partial charge in [0.05, 0.1) is 19.1 Å². The molecule has 7 rings (SSSR count). The first-order valence-electron chi connectivity index (χ1n) is 13.0. The van der Waals surface area contributed by atoms with Crippen molar-refractivity contribution in [1.29, 1.82) is 0 Å². The van der Waals surface area contributed by atoms with Crippen LogP contribution in [-0.2, 0) is 12.2 Å². The highest BCUT2D eigenvalue weighted by Crippen LogP contribution is 2.62. The van der Waals surface area contributed by atoms with E-state index >= 15 is 0 Å². The molecule has 0 amide bonds. The molecule has 0 saturated heterocycles. The first kappa shape index (κ1) is 25.2. The van der Waals surface area contributed by atoms with Gasteiger partial charge in [-0.3, -0.25) is 0 Å². The van der Waals surface area contributed by atoms with Crippen LogP contribution in [0.1, 0.15) is 39.8 Å². The molecule has 3 aliphatic rings. The maximum atomic E-state index is 12.0. The molecule has 0 fully saturated rings. The molecule has 0 spiro atoms. The number of phenols is 4. The fourth-order valence-electron chi connectivity index (χ4n) is 6.10. The molecule has 210 valence electrons. The van der Waals surface area contributed by atoms with Gasteiger partial charge in [0.1, 0.15) is 58.2 Å². The molecule has 5 atom stereocenters. The van der Waals surface area contributed by atoms with Gasteiger partial charge in [-0.05, 0) is 42.0 Å². The van der Waals surface area contributed by atoms with Crippen LogP contribution in [0.15, 0.2) is 66.7 Å². The number of aliphatic hydroxyl groups excluding tert-OH is 2. The number of methoxy groups -OCH3 is 1. The Bertz CT molecular complexity index is 1670. The lowest BCUT2D eigenvalue weighted by molar-refractivity contribution is -0.219. The summed E-state index contributed by atoms with van der Waals surface area (Å²) < 4.78 is 24.5. The number of aromatic hydroxyl groups is 4. The maximum Gasteiger partial charge on any atom is 0.305 e. The Kier molecular flexibility index (Phi) is 5.44. The zero-order valence-corrected chi connectivity index (χ0v) is 21.7. The van der Waals surface area contributed by atoms with Crippen molar-refractivity contribution in [2.45, 2.75) is 36.4 Å². The minimum absolute atomic E-state index is 0.00173. The topological polar surface area (TPSA) is 158 Å². The predicted molar refractivity (Wildman–Crippen MR) is 143 cm³/mol. The number of benzene rings is 4. The van der Waals surface area contributed by atoms with Gasteiger partial charge >= 0.3 is 5.79 Å². The Labute approximate surface area is 233 Å². The fourth-order valence-corrected chi connectivity index (χ4v) is 6.10. The van der Waals surface area contributed by atoms with E-state index in [0.717, 1.165) is 0 Å². The summed E-state index contributed by atoms with van der Waals surface area (Å²) in [4.78, 5) is 0. The molecule has 0 aliphatic carbocycles. The normalized spacial score (nSPS) is 25.4. The zero-order valence-electron chi connectivity index (χ0n) is 21.7. The smallest absolute Gasteiger partial charge is 0.305 e. The molecule has 0 unspecified atom stereocenters. The number of fused-ring (bicyclic) bond motifs is 8. The molecule has 0 saturated carbocycles. The molecule has 2 bridgehead atoms. The number of phenolic OH excluding ortho intramolecular Hbond substituents is 4. The monoisotopic (exact) mass is 558 g/mol. The quantitative estimate of drug-likeness (QED) is 0.219. The first-order chi connectivity index (χ1) is 19.7. The van der Waals surface area contributed by atoms with Gasteiger partial charge in [0.25, 0.3) is 0 Å². The van der Waals surface area contributed by atoms with Gasteiger partial charge in [0.2, 0.25) is 0 Å². The number of hydrogen-bond donors (Lipinski definition) is 6. The standard InChI is InChI=1S/C31H26O10/c1-38-18-10-21(35)25-23(11-18)40-31(15-4-8-17(33)9-5-15)30(37)27(25)26-24(41-31)13-20(34)19-12-22(36)28(39-29(19)26)14-2-6-16(32)7-3-14/h2-11,13,22,27-28,30,32-37H,12H2,1H3/t22-,27-,28+,30-,31+/m1/s1. The van der Waals surface area contributed by atoms with Crippen molar-refractivity contribution < 1.29 is 49.6 Å². The van der Waals surface area contributed by atoms with E-state index in [1.165, 1.54) is 43.5 Å². The van der Waals surface area contributed by atoms with Crippen molar-refractivity contribution in [3.63, 3.8) is 0 Å². The molecule has 6 N–H and O–H groups in total. The third kappa shape index (κ3) is 3.64. The third-order valence-corrected chi connectivity index (χ3v) is 8.04. The van der Waals surface area contributed by atoms with Crippen LogP contribution >= 0.6 is 0 Å². The average molecular weight is 559 g/mol. The van der Waals surface area contributed by atoms with Crippen molar-refractivity contribution >= 4 is 0 Å². The van der Waals surface area contributed by atoms with E-state index in [4.69, 9.17) is 18.9 Å². The molecule has 4 aromatic rings. The van der Waals surface area contributed by atoms with Crippen LogP contribution in [0.4, 0.5) is 0 Å². The molecule has 0 radical (unpaired) electrons. The number of rotatable bonds is 3. The molecular formula is C31H26O10. The average Bonchev–Trinajstić information content (AvgIpc) is 2.94. The molecule has 10 heteroatoms. The predicted octanol–water partition coefficient (Wildman–Crippen LogP) is 3.69. The van der Waals surface area contributed by atoms with Crippen LogP contribution in [0.3, 0.4) is 0 Å². The second-order valence-electron chi connectivity index (χ2n) is 10.4. The summed E-state index contributed by atoms with van der Waals surface area (Å²) in [7, 11) is 1.45. The summed E-state index contributed by atoms with van der Waals surface area (Å²) in [5.74, 6) is -2.25. The van der Waals surface area contributed by atoms with E-state index < -0.39 is 30.0 Å². The summed E-state index contributed by atoms with van der Waals surface area (Å²) in [6.07, 6.45) is -3.29. The molecule has 41 heavy (non-hydrogen) atoms. The Hall–Kier alpha value is -4.80. The minimum atomic E-state index is -1.83. The SMILES string of the molecule is COc1cc(O)c2c(c1)O[C@@]1(c3ccc(O)cc3)Oc3cc(O)c4c(c3[C@@H]2[C@H]1O)O[C@@H](c1ccc(O)cc1)[C@H](O)C4. The Morgan fingerprint density at radius 1 is 0.780 bits per heavy atom. The van der Waals surface area contributed by atoms with E-state index in [1.807, 2.05) is 0 Å². The van der Waals surface area contributed by atoms with Gasteiger partial charge in [-0.1, -0.05) is 12.1 Å². The van der Waals surface area contributed by atoms with Crippen LogP contribution in [0.2, 0.25) is 0 Å². The van der Waals surface area contributed by atoms with Crippen LogP contribution in [-0.4, -0.2) is 50.0 Å². The van der Waals surface area contributed by atoms with Crippen molar-refractivity contribution in [2.24, 2.45) is 0 Å². The van der Waals surface area contributed by atoms with Gasteiger partial charge in [0.15, 0.2) is 0 Å². The highest BCUT2D eigenvalue weighted by molar-refractivity contribution is 5.68. The van der Waals surface area contributed by atoms with E-state index in [1.54, 1.807) is 30.3 Å². The van der Waals surface area contributed by atoms with Gasteiger partial charge in [-0.15, -0.1) is 0 Å². The van der Waals surface area contributed by atoms with Gasteiger partial charge < -0.3 is 49.6 Å². The summed E-state index contributed by atoms with van der Waals surface area (Å²) in [5.41, 5.74) is 1.91. The summed E-state index contributed by atoms with van der Waals surface area (Å²) >= 11 is 0. The van der Waals surface area contributed by atoms with E-state index in [2.05, 4.69) is 0 Å². The van der Waals surface area contributed by atoms with Crippen LogP contribution in [0, 0.1) is 0 Å². The lowest BCUT2D eigenvalue weighted by Gasteiger charge is -2.50. The second-order valence-corrected chi connectivity index (χ2v) is 10.4. The Balaban J connectivity index is 1.47. The highest BCUT2D eigenvalue weighted by atomic mass is 16.7. The van der Waals surface area contributed by atoms with Crippen LogP contribution in [0.25, 0.3) is 0 Å². The molecular weight excluding hydrogens is 532 g/mol. The van der Waals surface area contributed by atoms with Crippen molar-refractivity contribution in [1.82, 2.24) is 0 Å². The minimum Gasteiger partial charge on any atom is -0.508 e. The second kappa shape index (κ2) is 8.85. The summed E-state index contributed by atoms with van der Waals surface area (Å²) in [6.45, 7) is 0. The van der Waals surface area contributed by atoms with Crippen molar-refractivity contribution in [3.05, 3.63) is 94.5 Å². The van der Waals surface area contributed by atoms with Gasteiger partial charge in [-0.2, -0.15) is 0 Å².